The SMILES string of the molecule is COc1cncc(F)c1C1(C)CC1. The molecule has 1 aliphatic carbocycles. The molecule has 2 nitrogen and oxygen atoms in total. The average Bonchev–Trinajstić information content (AvgIpc) is 2.84. The summed E-state index contributed by atoms with van der Waals surface area (Å²) in [4.78, 5) is 3.76. The number of rotatable bonds is 2. The Labute approximate surface area is 76.7 Å². The topological polar surface area (TPSA) is 22.1 Å². The van der Waals surface area contributed by atoms with Gasteiger partial charge in [0.1, 0.15) is 11.6 Å². The number of hydrogen-bond donors (Lipinski definition) is 0. The van der Waals surface area contributed by atoms with Gasteiger partial charge in [0.15, 0.2) is 0 Å². The molecular formula is C10H12FNO. The number of methoxy groups -OCH3 is 1. The van der Waals surface area contributed by atoms with Crippen LogP contribution in [0.15, 0.2) is 12.4 Å². The van der Waals surface area contributed by atoms with E-state index in [9.17, 15) is 4.39 Å². The lowest BCUT2D eigenvalue weighted by Crippen LogP contribution is -2.07. The van der Waals surface area contributed by atoms with Gasteiger partial charge < -0.3 is 4.74 Å². The van der Waals surface area contributed by atoms with Crippen LogP contribution >= 0.6 is 0 Å². The van der Waals surface area contributed by atoms with Gasteiger partial charge in [0.05, 0.1) is 19.5 Å². The Morgan fingerprint density at radius 2 is 2.15 bits per heavy atom. The van der Waals surface area contributed by atoms with E-state index >= 15 is 0 Å². The van der Waals surface area contributed by atoms with Gasteiger partial charge in [0, 0.05) is 5.56 Å². The average molecular weight is 181 g/mol. The van der Waals surface area contributed by atoms with Crippen LogP contribution in [-0.2, 0) is 5.41 Å². The fourth-order valence-electron chi connectivity index (χ4n) is 1.60. The Morgan fingerprint density at radius 1 is 1.46 bits per heavy atom. The molecule has 3 heteroatoms. The molecule has 70 valence electrons. The van der Waals surface area contributed by atoms with Crippen molar-refractivity contribution >= 4 is 0 Å². The zero-order valence-electron chi connectivity index (χ0n) is 7.80. The van der Waals surface area contributed by atoms with Gasteiger partial charge in [-0.2, -0.15) is 0 Å². The largest absolute Gasteiger partial charge is 0.495 e. The first-order valence-corrected chi connectivity index (χ1v) is 4.35. The second-order valence-electron chi connectivity index (χ2n) is 3.76. The Kier molecular flexibility index (Phi) is 1.75. The van der Waals surface area contributed by atoms with Crippen LogP contribution in [0.2, 0.25) is 0 Å². The number of aromatic nitrogens is 1. The van der Waals surface area contributed by atoms with Crippen molar-refractivity contribution in [1.29, 1.82) is 0 Å². The molecule has 0 radical (unpaired) electrons. The first-order valence-electron chi connectivity index (χ1n) is 4.35. The van der Waals surface area contributed by atoms with E-state index in [1.165, 1.54) is 6.20 Å². The summed E-state index contributed by atoms with van der Waals surface area (Å²) in [5.74, 6) is 0.319. The minimum atomic E-state index is -0.251. The molecule has 0 amide bonds. The second kappa shape index (κ2) is 2.69. The zero-order valence-corrected chi connectivity index (χ0v) is 7.80. The molecule has 1 aromatic rings. The van der Waals surface area contributed by atoms with Crippen LogP contribution in [-0.4, -0.2) is 12.1 Å². The van der Waals surface area contributed by atoms with E-state index in [-0.39, 0.29) is 11.2 Å². The van der Waals surface area contributed by atoms with Gasteiger partial charge in [0.25, 0.3) is 0 Å². The minimum absolute atomic E-state index is 0.0155. The molecule has 1 saturated carbocycles. The highest BCUT2D eigenvalue weighted by Gasteiger charge is 2.43. The van der Waals surface area contributed by atoms with Gasteiger partial charge >= 0.3 is 0 Å². The maximum Gasteiger partial charge on any atom is 0.148 e. The van der Waals surface area contributed by atoms with Crippen molar-refractivity contribution in [2.75, 3.05) is 7.11 Å². The van der Waals surface area contributed by atoms with Crippen molar-refractivity contribution in [1.82, 2.24) is 4.98 Å². The molecule has 1 aromatic heterocycles. The standard InChI is InChI=1S/C10H12FNO/c1-10(3-4-10)9-7(11)5-12-6-8(9)13-2/h5-6H,3-4H2,1-2H3. The molecule has 0 aliphatic heterocycles. The minimum Gasteiger partial charge on any atom is -0.495 e. The molecule has 13 heavy (non-hydrogen) atoms. The quantitative estimate of drug-likeness (QED) is 0.698. The van der Waals surface area contributed by atoms with E-state index in [1.54, 1.807) is 13.3 Å². The van der Waals surface area contributed by atoms with E-state index in [1.807, 2.05) is 6.92 Å². The Balaban J connectivity index is 2.52. The van der Waals surface area contributed by atoms with E-state index in [4.69, 9.17) is 4.74 Å². The first kappa shape index (κ1) is 8.48. The van der Waals surface area contributed by atoms with Gasteiger partial charge in [-0.15, -0.1) is 0 Å². The molecule has 2 rings (SSSR count). The summed E-state index contributed by atoms with van der Waals surface area (Å²) in [6.45, 7) is 2.05. The smallest absolute Gasteiger partial charge is 0.148 e. The summed E-state index contributed by atoms with van der Waals surface area (Å²) >= 11 is 0. The molecule has 0 saturated heterocycles. The number of hydrogen-bond acceptors (Lipinski definition) is 2. The van der Waals surface area contributed by atoms with Crippen molar-refractivity contribution in [3.63, 3.8) is 0 Å². The van der Waals surface area contributed by atoms with E-state index in [0.717, 1.165) is 12.8 Å². The summed E-state index contributed by atoms with van der Waals surface area (Å²) in [6.07, 6.45) is 4.89. The van der Waals surface area contributed by atoms with Crippen LogP contribution in [0.1, 0.15) is 25.3 Å². The fraction of sp³-hybridized carbons (Fsp3) is 0.500. The van der Waals surface area contributed by atoms with Crippen LogP contribution in [0, 0.1) is 5.82 Å². The molecule has 0 spiro atoms. The molecule has 1 heterocycles. The maximum absolute atomic E-state index is 13.4. The molecule has 0 bridgehead atoms. The third-order valence-electron chi connectivity index (χ3n) is 2.69. The molecule has 1 fully saturated rings. The lowest BCUT2D eigenvalue weighted by atomic mass is 9.98. The lowest BCUT2D eigenvalue weighted by Gasteiger charge is -2.13. The second-order valence-corrected chi connectivity index (χ2v) is 3.76. The Hall–Kier alpha value is -1.12. The highest BCUT2D eigenvalue weighted by molar-refractivity contribution is 5.41. The van der Waals surface area contributed by atoms with Crippen LogP contribution in [0.25, 0.3) is 0 Å². The highest BCUT2D eigenvalue weighted by Crippen LogP contribution is 2.51. The molecule has 0 atom stereocenters. The van der Waals surface area contributed by atoms with Gasteiger partial charge in [-0.05, 0) is 18.3 Å². The van der Waals surface area contributed by atoms with Crippen LogP contribution < -0.4 is 4.74 Å². The molecule has 0 N–H and O–H groups in total. The summed E-state index contributed by atoms with van der Waals surface area (Å²) in [5, 5.41) is 0. The maximum atomic E-state index is 13.4. The van der Waals surface area contributed by atoms with Crippen molar-refractivity contribution in [2.24, 2.45) is 0 Å². The normalized spacial score (nSPS) is 18.4. The van der Waals surface area contributed by atoms with Crippen LogP contribution in [0.5, 0.6) is 5.75 Å². The number of halogens is 1. The van der Waals surface area contributed by atoms with E-state index in [0.29, 0.717) is 11.3 Å². The first-order chi connectivity index (χ1) is 6.17. The molecule has 0 aromatic carbocycles. The fourth-order valence-corrected chi connectivity index (χ4v) is 1.60. The third-order valence-corrected chi connectivity index (χ3v) is 2.69. The van der Waals surface area contributed by atoms with Gasteiger partial charge in [0.2, 0.25) is 0 Å². The van der Waals surface area contributed by atoms with Crippen molar-refractivity contribution in [2.45, 2.75) is 25.2 Å². The Bertz CT molecular complexity index is 334. The van der Waals surface area contributed by atoms with Gasteiger partial charge in [-0.25, -0.2) is 4.39 Å². The van der Waals surface area contributed by atoms with Crippen LogP contribution in [0.4, 0.5) is 4.39 Å². The van der Waals surface area contributed by atoms with Crippen molar-refractivity contribution < 1.29 is 9.13 Å². The highest BCUT2D eigenvalue weighted by atomic mass is 19.1. The predicted molar refractivity (Wildman–Crippen MR) is 47.3 cm³/mol. The summed E-state index contributed by atoms with van der Waals surface area (Å²) < 4.78 is 18.5. The number of pyridine rings is 1. The van der Waals surface area contributed by atoms with Crippen LogP contribution in [0.3, 0.4) is 0 Å². The number of ether oxygens (including phenoxy) is 1. The van der Waals surface area contributed by atoms with E-state index < -0.39 is 0 Å². The van der Waals surface area contributed by atoms with E-state index in [2.05, 4.69) is 4.98 Å². The molecule has 1 aliphatic rings. The number of nitrogens with zero attached hydrogens (tertiary/aromatic N) is 1. The third kappa shape index (κ3) is 1.28. The molecular weight excluding hydrogens is 169 g/mol. The molecule has 0 unspecified atom stereocenters. The van der Waals surface area contributed by atoms with Gasteiger partial charge in [-0.3, -0.25) is 4.98 Å². The predicted octanol–water partition coefficient (Wildman–Crippen LogP) is 2.28. The van der Waals surface area contributed by atoms with Gasteiger partial charge in [-0.1, -0.05) is 6.92 Å². The summed E-state index contributed by atoms with van der Waals surface area (Å²) in [5.41, 5.74) is 0.670. The summed E-state index contributed by atoms with van der Waals surface area (Å²) in [7, 11) is 1.55. The monoisotopic (exact) mass is 181 g/mol. The van der Waals surface area contributed by atoms with Crippen molar-refractivity contribution in [3.8, 4) is 5.75 Å². The van der Waals surface area contributed by atoms with Crippen molar-refractivity contribution in [3.05, 3.63) is 23.8 Å². The zero-order chi connectivity index (χ0) is 9.47. The summed E-state index contributed by atoms with van der Waals surface area (Å²) in [6, 6.07) is 0. The Morgan fingerprint density at radius 3 is 2.69 bits per heavy atom. The lowest BCUT2D eigenvalue weighted by molar-refractivity contribution is 0.396.